The summed E-state index contributed by atoms with van der Waals surface area (Å²) in [6, 6.07) is 10.9. The van der Waals surface area contributed by atoms with Gasteiger partial charge in [0.25, 0.3) is 5.91 Å². The van der Waals surface area contributed by atoms with Gasteiger partial charge < -0.3 is 10.6 Å². The van der Waals surface area contributed by atoms with Crippen LogP contribution in [0.3, 0.4) is 0 Å². The second-order valence-electron chi connectivity index (χ2n) is 5.10. The third-order valence-corrected chi connectivity index (χ3v) is 5.12. The van der Waals surface area contributed by atoms with Crippen molar-refractivity contribution >= 4 is 15.7 Å². The molecule has 1 saturated heterocycles. The maximum absolute atomic E-state index is 11.9. The average Bonchev–Trinajstić information content (AvgIpc) is 2.86. The molecule has 116 valence electrons. The first-order valence-electron chi connectivity index (χ1n) is 6.89. The number of amides is 1. The smallest absolute Gasteiger partial charge is 0.263 e. The Bertz CT molecular complexity index is 705. The zero-order valence-electron chi connectivity index (χ0n) is 12.0. The van der Waals surface area contributed by atoms with Gasteiger partial charge in [0, 0.05) is 18.8 Å². The molecule has 1 heterocycles. The molecule has 0 bridgehead atoms. The van der Waals surface area contributed by atoms with Crippen LogP contribution in [0.5, 0.6) is 0 Å². The van der Waals surface area contributed by atoms with Crippen molar-refractivity contribution in [3.8, 4) is 6.07 Å². The Balaban J connectivity index is 1.89. The van der Waals surface area contributed by atoms with Crippen LogP contribution in [0.2, 0.25) is 0 Å². The van der Waals surface area contributed by atoms with Crippen LogP contribution in [0.4, 0.5) is 0 Å². The molecule has 1 amide bonds. The van der Waals surface area contributed by atoms with Crippen LogP contribution in [0.1, 0.15) is 12.0 Å². The molecule has 1 fully saturated rings. The molecular formula is C15H17N3O3S. The predicted octanol–water partition coefficient (Wildman–Crippen LogP) is 0.487. The Hall–Kier alpha value is -2.33. The number of nitrogens with one attached hydrogen (secondary N) is 2. The Labute approximate surface area is 129 Å². The molecule has 2 rings (SSSR count). The van der Waals surface area contributed by atoms with Gasteiger partial charge in [-0.05, 0) is 12.0 Å². The summed E-state index contributed by atoms with van der Waals surface area (Å²) in [7, 11) is -2.99. The molecule has 1 aliphatic rings. The van der Waals surface area contributed by atoms with Crippen LogP contribution in [0.25, 0.3) is 0 Å². The van der Waals surface area contributed by atoms with Crippen LogP contribution in [-0.2, 0) is 21.2 Å². The van der Waals surface area contributed by atoms with Crippen LogP contribution >= 0.6 is 0 Å². The van der Waals surface area contributed by atoms with Crippen LogP contribution < -0.4 is 10.6 Å². The molecule has 6 nitrogen and oxygen atoms in total. The molecule has 1 aliphatic heterocycles. The van der Waals surface area contributed by atoms with E-state index in [0.717, 1.165) is 5.56 Å². The van der Waals surface area contributed by atoms with Crippen molar-refractivity contribution in [3.63, 3.8) is 0 Å². The Kier molecular flexibility index (Phi) is 5.17. The van der Waals surface area contributed by atoms with Gasteiger partial charge in [0.1, 0.15) is 11.6 Å². The monoisotopic (exact) mass is 319 g/mol. The molecule has 0 aromatic heterocycles. The number of hydrogen-bond acceptors (Lipinski definition) is 5. The number of benzene rings is 1. The molecule has 1 aromatic carbocycles. The van der Waals surface area contributed by atoms with E-state index in [1.807, 2.05) is 36.4 Å². The minimum Gasteiger partial charge on any atom is -0.386 e. The van der Waals surface area contributed by atoms with E-state index < -0.39 is 15.7 Å². The lowest BCUT2D eigenvalue weighted by Crippen LogP contribution is -2.29. The highest BCUT2D eigenvalue weighted by atomic mass is 32.2. The van der Waals surface area contributed by atoms with Gasteiger partial charge >= 0.3 is 0 Å². The quantitative estimate of drug-likeness (QED) is 0.608. The molecule has 22 heavy (non-hydrogen) atoms. The SMILES string of the molecule is N#C/C(=C/NC1CCS(=O)(=O)C1)C(=O)NCc1ccccc1. The number of carbonyl (C=O) groups excluding carboxylic acids is 1. The van der Waals surface area contributed by atoms with Gasteiger partial charge in [-0.15, -0.1) is 0 Å². The van der Waals surface area contributed by atoms with Gasteiger partial charge in [-0.2, -0.15) is 5.26 Å². The molecule has 1 aromatic rings. The Morgan fingerprint density at radius 3 is 2.68 bits per heavy atom. The standard InChI is InChI=1S/C15H17N3O3S/c16-8-13(10-17-14-6-7-22(20,21)11-14)15(19)18-9-12-4-2-1-3-5-12/h1-5,10,14,17H,6-7,9,11H2,(H,18,19)/b13-10-. The molecule has 1 atom stereocenters. The van der Waals surface area contributed by atoms with Crippen molar-refractivity contribution in [2.24, 2.45) is 0 Å². The lowest BCUT2D eigenvalue weighted by atomic mass is 10.2. The maximum Gasteiger partial charge on any atom is 0.263 e. The van der Waals surface area contributed by atoms with Crippen molar-refractivity contribution < 1.29 is 13.2 Å². The summed E-state index contributed by atoms with van der Waals surface area (Å²) < 4.78 is 22.7. The zero-order valence-corrected chi connectivity index (χ0v) is 12.8. The second-order valence-corrected chi connectivity index (χ2v) is 7.33. The van der Waals surface area contributed by atoms with Crippen LogP contribution in [0, 0.1) is 11.3 Å². The zero-order chi connectivity index (χ0) is 16.0. The highest BCUT2D eigenvalue weighted by Gasteiger charge is 2.27. The number of carbonyl (C=O) groups is 1. The normalized spacial score (nSPS) is 20.1. The molecule has 0 aliphatic carbocycles. The summed E-state index contributed by atoms with van der Waals surface area (Å²) >= 11 is 0. The lowest BCUT2D eigenvalue weighted by molar-refractivity contribution is -0.117. The van der Waals surface area contributed by atoms with Crippen LogP contribution in [0.15, 0.2) is 42.1 Å². The summed E-state index contributed by atoms with van der Waals surface area (Å²) in [6.07, 6.45) is 1.79. The molecule has 1 unspecified atom stereocenters. The minimum atomic E-state index is -2.99. The molecule has 2 N–H and O–H groups in total. The second kappa shape index (κ2) is 7.09. The Morgan fingerprint density at radius 2 is 2.09 bits per heavy atom. The van der Waals surface area contributed by atoms with E-state index in [9.17, 15) is 13.2 Å². The number of nitriles is 1. The highest BCUT2D eigenvalue weighted by Crippen LogP contribution is 2.11. The summed E-state index contributed by atoms with van der Waals surface area (Å²) in [5.74, 6) is -0.311. The molecule has 0 spiro atoms. The summed E-state index contributed by atoms with van der Waals surface area (Å²) in [4.78, 5) is 11.9. The van der Waals surface area contributed by atoms with E-state index in [1.54, 1.807) is 0 Å². The van der Waals surface area contributed by atoms with Crippen molar-refractivity contribution in [3.05, 3.63) is 47.7 Å². The van der Waals surface area contributed by atoms with Gasteiger partial charge in [0.15, 0.2) is 9.84 Å². The number of rotatable bonds is 5. The first kappa shape index (κ1) is 16.0. The molecule has 0 saturated carbocycles. The largest absolute Gasteiger partial charge is 0.386 e. The van der Waals surface area contributed by atoms with Gasteiger partial charge in [-0.3, -0.25) is 4.79 Å². The van der Waals surface area contributed by atoms with Crippen molar-refractivity contribution in [2.45, 2.75) is 19.0 Å². The van der Waals surface area contributed by atoms with E-state index in [0.29, 0.717) is 13.0 Å². The molecular weight excluding hydrogens is 302 g/mol. The Morgan fingerprint density at radius 1 is 1.36 bits per heavy atom. The predicted molar refractivity (Wildman–Crippen MR) is 82.2 cm³/mol. The average molecular weight is 319 g/mol. The summed E-state index contributed by atoms with van der Waals surface area (Å²) in [6.45, 7) is 0.330. The van der Waals surface area contributed by atoms with E-state index >= 15 is 0 Å². The maximum atomic E-state index is 11.9. The van der Waals surface area contributed by atoms with E-state index in [1.165, 1.54) is 6.20 Å². The number of hydrogen-bond donors (Lipinski definition) is 2. The minimum absolute atomic E-state index is 0.0356. The first-order chi connectivity index (χ1) is 10.5. The van der Waals surface area contributed by atoms with E-state index in [2.05, 4.69) is 10.6 Å². The fraction of sp³-hybridized carbons (Fsp3) is 0.333. The van der Waals surface area contributed by atoms with Gasteiger partial charge in [0.05, 0.1) is 11.5 Å². The topological polar surface area (TPSA) is 99.1 Å². The first-order valence-corrected chi connectivity index (χ1v) is 8.71. The third-order valence-electron chi connectivity index (χ3n) is 3.36. The molecule has 7 heteroatoms. The van der Waals surface area contributed by atoms with E-state index in [4.69, 9.17) is 5.26 Å². The summed E-state index contributed by atoms with van der Waals surface area (Å²) in [5.41, 5.74) is 0.864. The van der Waals surface area contributed by atoms with Crippen molar-refractivity contribution in [1.29, 1.82) is 5.26 Å². The lowest BCUT2D eigenvalue weighted by Gasteiger charge is -2.08. The summed E-state index contributed by atoms with van der Waals surface area (Å²) in [5, 5.41) is 14.5. The van der Waals surface area contributed by atoms with Gasteiger partial charge in [-0.25, -0.2) is 8.42 Å². The van der Waals surface area contributed by atoms with Crippen molar-refractivity contribution in [2.75, 3.05) is 11.5 Å². The van der Waals surface area contributed by atoms with Gasteiger partial charge in [-0.1, -0.05) is 30.3 Å². The third kappa shape index (κ3) is 4.60. The fourth-order valence-corrected chi connectivity index (χ4v) is 3.84. The number of nitrogens with zero attached hydrogens (tertiary/aromatic N) is 1. The fourth-order valence-electron chi connectivity index (χ4n) is 2.15. The van der Waals surface area contributed by atoms with Gasteiger partial charge in [0.2, 0.25) is 0 Å². The van der Waals surface area contributed by atoms with E-state index in [-0.39, 0.29) is 23.1 Å². The van der Waals surface area contributed by atoms with Crippen LogP contribution in [-0.4, -0.2) is 31.9 Å². The highest BCUT2D eigenvalue weighted by molar-refractivity contribution is 7.91. The van der Waals surface area contributed by atoms with Crippen molar-refractivity contribution in [1.82, 2.24) is 10.6 Å². The molecule has 0 radical (unpaired) electrons. The number of sulfone groups is 1.